The van der Waals surface area contributed by atoms with Crippen LogP contribution < -0.4 is 9.62 Å². The third-order valence-corrected chi connectivity index (χ3v) is 7.66. The lowest BCUT2D eigenvalue weighted by Gasteiger charge is -2.48. The van der Waals surface area contributed by atoms with Crippen LogP contribution in [0.1, 0.15) is 12.8 Å². The number of benzene rings is 1. The van der Waals surface area contributed by atoms with Crippen LogP contribution in [0.2, 0.25) is 10.0 Å². The molecule has 1 aromatic heterocycles. The third kappa shape index (κ3) is 3.96. The molecule has 1 aromatic carbocycles. The molecule has 2 aliphatic rings. The Hall–Kier alpha value is -1.32. The van der Waals surface area contributed by atoms with Gasteiger partial charge in [0.1, 0.15) is 16.4 Å². The van der Waals surface area contributed by atoms with E-state index in [1.807, 2.05) is 4.90 Å². The first-order valence-corrected chi connectivity index (χ1v) is 11.1. The summed E-state index contributed by atoms with van der Waals surface area (Å²) < 4.78 is 37.1. The Labute approximate surface area is 188 Å². The number of nitrogens with zero attached hydrogens (tertiary/aromatic N) is 3. The SMILES string of the molecule is COC1(C2CCN2C)CCN(c2cc(Cl)c(SNc3cccc(F)n3)c(F)c2Cl)C1. The maximum absolute atomic E-state index is 15.1. The van der Waals surface area contributed by atoms with Gasteiger partial charge < -0.3 is 19.3 Å². The number of rotatable bonds is 6. The van der Waals surface area contributed by atoms with Crippen molar-refractivity contribution < 1.29 is 13.5 Å². The molecule has 0 amide bonds. The third-order valence-electron chi connectivity index (χ3n) is 5.98. The van der Waals surface area contributed by atoms with Crippen molar-refractivity contribution in [3.05, 3.63) is 46.1 Å². The van der Waals surface area contributed by atoms with Crippen molar-refractivity contribution >= 4 is 46.7 Å². The van der Waals surface area contributed by atoms with Crippen LogP contribution in [0.4, 0.5) is 20.3 Å². The fourth-order valence-electron chi connectivity index (χ4n) is 4.22. The number of pyridine rings is 1. The lowest BCUT2D eigenvalue weighted by Crippen LogP contribution is -2.61. The van der Waals surface area contributed by atoms with Crippen molar-refractivity contribution in [1.82, 2.24) is 9.88 Å². The van der Waals surface area contributed by atoms with Crippen LogP contribution in [0.3, 0.4) is 0 Å². The lowest BCUT2D eigenvalue weighted by atomic mass is 9.84. The first kappa shape index (κ1) is 21.9. The molecule has 2 unspecified atom stereocenters. The largest absolute Gasteiger partial charge is 0.375 e. The van der Waals surface area contributed by atoms with E-state index in [0.29, 0.717) is 24.8 Å². The zero-order valence-electron chi connectivity index (χ0n) is 16.6. The Morgan fingerprint density at radius 1 is 1.30 bits per heavy atom. The lowest BCUT2D eigenvalue weighted by molar-refractivity contribution is -0.0937. The Balaban J connectivity index is 1.54. The quantitative estimate of drug-likeness (QED) is 0.357. The van der Waals surface area contributed by atoms with Gasteiger partial charge >= 0.3 is 0 Å². The summed E-state index contributed by atoms with van der Waals surface area (Å²) in [7, 11) is 3.82. The fourth-order valence-corrected chi connectivity index (χ4v) is 5.52. The minimum absolute atomic E-state index is 0.00442. The van der Waals surface area contributed by atoms with Crippen molar-refractivity contribution in [2.45, 2.75) is 29.4 Å². The van der Waals surface area contributed by atoms with E-state index in [-0.39, 0.29) is 26.4 Å². The normalized spacial score (nSPS) is 24.2. The zero-order valence-corrected chi connectivity index (χ0v) is 18.9. The molecule has 0 saturated carbocycles. The van der Waals surface area contributed by atoms with Gasteiger partial charge in [-0.05, 0) is 56.6 Å². The number of likely N-dealkylation sites (tertiary alicyclic amines) is 1. The van der Waals surface area contributed by atoms with Gasteiger partial charge in [0.15, 0.2) is 5.82 Å². The predicted octanol–water partition coefficient (Wildman–Crippen LogP) is 5.09. The number of hydrogen-bond acceptors (Lipinski definition) is 6. The summed E-state index contributed by atoms with van der Waals surface area (Å²) in [5.41, 5.74) is 0.241. The number of halogens is 4. The number of likely N-dealkylation sites (N-methyl/N-ethyl adjacent to an activating group) is 1. The van der Waals surface area contributed by atoms with Gasteiger partial charge in [-0.25, -0.2) is 9.37 Å². The Morgan fingerprint density at radius 3 is 2.73 bits per heavy atom. The van der Waals surface area contributed by atoms with E-state index >= 15 is 4.39 Å². The molecule has 30 heavy (non-hydrogen) atoms. The van der Waals surface area contributed by atoms with E-state index in [1.54, 1.807) is 19.2 Å². The van der Waals surface area contributed by atoms with Gasteiger partial charge in [-0.3, -0.25) is 0 Å². The molecule has 1 N–H and O–H groups in total. The monoisotopic (exact) mass is 474 g/mol. The van der Waals surface area contributed by atoms with Crippen molar-refractivity contribution in [3.63, 3.8) is 0 Å². The number of anilines is 2. The molecule has 2 saturated heterocycles. The summed E-state index contributed by atoms with van der Waals surface area (Å²) in [6.07, 6.45) is 1.91. The van der Waals surface area contributed by atoms with E-state index in [9.17, 15) is 4.39 Å². The Morgan fingerprint density at radius 2 is 2.10 bits per heavy atom. The van der Waals surface area contributed by atoms with E-state index in [0.717, 1.165) is 31.3 Å². The van der Waals surface area contributed by atoms with Crippen LogP contribution in [0.25, 0.3) is 0 Å². The Bertz CT molecular complexity index is 953. The second-order valence-corrected chi connectivity index (χ2v) is 9.21. The summed E-state index contributed by atoms with van der Waals surface area (Å²) in [6, 6.07) is 6.32. The summed E-state index contributed by atoms with van der Waals surface area (Å²) in [5.74, 6) is -0.998. The molecule has 0 bridgehead atoms. The topological polar surface area (TPSA) is 40.6 Å². The summed E-state index contributed by atoms with van der Waals surface area (Å²) in [5, 5.41) is 0.223. The second-order valence-electron chi connectivity index (χ2n) is 7.61. The smallest absolute Gasteiger partial charge is 0.214 e. The van der Waals surface area contributed by atoms with Crippen LogP contribution in [-0.4, -0.2) is 55.3 Å². The van der Waals surface area contributed by atoms with Gasteiger partial charge in [-0.1, -0.05) is 29.3 Å². The van der Waals surface area contributed by atoms with Crippen LogP contribution in [0.15, 0.2) is 29.2 Å². The van der Waals surface area contributed by atoms with Crippen LogP contribution in [0.5, 0.6) is 0 Å². The van der Waals surface area contributed by atoms with Gasteiger partial charge in [-0.2, -0.15) is 4.39 Å². The first-order valence-electron chi connectivity index (χ1n) is 9.58. The summed E-state index contributed by atoms with van der Waals surface area (Å²) >= 11 is 13.7. The predicted molar refractivity (Wildman–Crippen MR) is 118 cm³/mol. The van der Waals surface area contributed by atoms with Crippen molar-refractivity contribution in [1.29, 1.82) is 0 Å². The number of aromatic nitrogens is 1. The van der Waals surface area contributed by atoms with Crippen LogP contribution >= 0.6 is 35.1 Å². The minimum atomic E-state index is -0.631. The van der Waals surface area contributed by atoms with E-state index < -0.39 is 11.8 Å². The molecule has 2 atom stereocenters. The number of ether oxygens (including phenoxy) is 1. The molecule has 0 aliphatic carbocycles. The highest BCUT2D eigenvalue weighted by Gasteiger charge is 2.50. The molecular weight excluding hydrogens is 453 g/mol. The molecule has 2 aromatic rings. The molecule has 162 valence electrons. The van der Waals surface area contributed by atoms with Gasteiger partial charge in [0, 0.05) is 26.2 Å². The number of hydrogen-bond donors (Lipinski definition) is 1. The zero-order chi connectivity index (χ0) is 21.5. The Kier molecular flexibility index (Phi) is 6.33. The summed E-state index contributed by atoms with van der Waals surface area (Å²) in [4.78, 5) is 8.14. The van der Waals surface area contributed by atoms with Crippen molar-refractivity contribution in [2.75, 3.05) is 43.4 Å². The average Bonchev–Trinajstić information content (AvgIpc) is 3.14. The first-order chi connectivity index (χ1) is 14.3. The minimum Gasteiger partial charge on any atom is -0.375 e. The average molecular weight is 475 g/mol. The summed E-state index contributed by atoms with van der Waals surface area (Å²) in [6.45, 7) is 2.37. The number of methoxy groups -OCH3 is 1. The molecule has 3 heterocycles. The molecule has 10 heteroatoms. The maximum Gasteiger partial charge on any atom is 0.214 e. The highest BCUT2D eigenvalue weighted by atomic mass is 35.5. The van der Waals surface area contributed by atoms with E-state index in [1.165, 1.54) is 12.1 Å². The second kappa shape index (κ2) is 8.67. The highest BCUT2D eigenvalue weighted by Crippen LogP contribution is 2.44. The van der Waals surface area contributed by atoms with E-state index in [2.05, 4.69) is 21.7 Å². The van der Waals surface area contributed by atoms with Gasteiger partial charge in [0.05, 0.1) is 15.6 Å². The molecule has 0 spiro atoms. The van der Waals surface area contributed by atoms with Gasteiger partial charge in [0.2, 0.25) is 5.95 Å². The maximum atomic E-state index is 15.1. The van der Waals surface area contributed by atoms with Crippen molar-refractivity contribution in [3.8, 4) is 0 Å². The van der Waals surface area contributed by atoms with Crippen molar-refractivity contribution in [2.24, 2.45) is 0 Å². The van der Waals surface area contributed by atoms with Crippen LogP contribution in [-0.2, 0) is 4.74 Å². The highest BCUT2D eigenvalue weighted by molar-refractivity contribution is 8.00. The molecule has 2 fully saturated rings. The molecular formula is C20H22Cl2F2N4OS. The standard InChI is InChI=1S/C20H22Cl2F2N4OS/c1-27-8-6-14(27)20(29-2)7-9-28(11-20)13-10-12(21)19(18(24)17(13)22)30-26-16-5-3-4-15(23)25-16/h3-5,10,14H,6-9,11H2,1-2H3,(H,25,26). The van der Waals surface area contributed by atoms with Gasteiger partial charge in [-0.15, -0.1) is 0 Å². The molecule has 4 rings (SSSR count). The van der Waals surface area contributed by atoms with E-state index in [4.69, 9.17) is 27.9 Å². The molecule has 2 aliphatic heterocycles. The number of nitrogens with one attached hydrogen (secondary N) is 1. The molecule has 5 nitrogen and oxygen atoms in total. The molecule has 0 radical (unpaired) electrons. The fraction of sp³-hybridized carbons (Fsp3) is 0.450. The van der Waals surface area contributed by atoms with Crippen LogP contribution in [0, 0.1) is 11.8 Å². The van der Waals surface area contributed by atoms with Gasteiger partial charge in [0.25, 0.3) is 0 Å².